The Morgan fingerprint density at radius 2 is 1.67 bits per heavy atom. The summed E-state index contributed by atoms with van der Waals surface area (Å²) in [4.78, 5) is 14.3. The number of aliphatic hydroxyl groups is 1. The average molecular weight is 324 g/mol. The zero-order valence-corrected chi connectivity index (χ0v) is 13.4. The summed E-state index contributed by atoms with van der Waals surface area (Å²) >= 11 is 0. The van der Waals surface area contributed by atoms with Crippen LogP contribution in [-0.4, -0.2) is 27.7 Å². The number of para-hydroxylation sites is 2. The second kappa shape index (κ2) is 5.92. The number of likely N-dealkylation sites (tertiary alicyclic amines) is 1. The van der Waals surface area contributed by atoms with E-state index in [0.717, 1.165) is 24.2 Å². The Morgan fingerprint density at radius 1 is 1.00 bits per heavy atom. The molecular weight excluding hydrogens is 304 g/mol. The number of hydrogen-bond donors (Lipinski definition) is 1. The van der Waals surface area contributed by atoms with Crippen LogP contribution in [0.5, 0.6) is 0 Å². The summed E-state index contributed by atoms with van der Waals surface area (Å²) in [7, 11) is 0. The summed E-state index contributed by atoms with van der Waals surface area (Å²) in [6.45, 7) is 1.95. The van der Waals surface area contributed by atoms with Crippen molar-refractivity contribution in [2.75, 3.05) is 13.1 Å². The van der Waals surface area contributed by atoms with Crippen molar-refractivity contribution in [3.8, 4) is 0 Å². The summed E-state index contributed by atoms with van der Waals surface area (Å²) in [6, 6.07) is 17.3. The molecule has 1 aliphatic heterocycles. The fourth-order valence-electron chi connectivity index (χ4n) is 3.45. The van der Waals surface area contributed by atoms with Gasteiger partial charge in [0.2, 0.25) is 0 Å². The van der Waals surface area contributed by atoms with Gasteiger partial charge in [0.1, 0.15) is 0 Å². The number of nitrogens with zero attached hydrogens (tertiary/aromatic N) is 2. The topological polar surface area (TPSA) is 58.6 Å². The second-order valence-electron chi connectivity index (χ2n) is 6.42. The average Bonchev–Trinajstić information content (AvgIpc) is 2.93. The molecule has 1 N–H and O–H groups in total. The molecule has 0 spiro atoms. The predicted octanol–water partition coefficient (Wildman–Crippen LogP) is 2.54. The molecule has 2 heterocycles. The molecule has 1 fully saturated rings. The van der Waals surface area contributed by atoms with E-state index in [-0.39, 0.29) is 5.76 Å². The first-order valence-corrected chi connectivity index (χ1v) is 8.24. The third-order valence-electron chi connectivity index (χ3n) is 4.91. The highest BCUT2D eigenvalue weighted by molar-refractivity contribution is 5.72. The van der Waals surface area contributed by atoms with Crippen LogP contribution in [-0.2, 0) is 12.3 Å². The molecule has 5 heteroatoms. The van der Waals surface area contributed by atoms with Crippen LogP contribution in [0.4, 0.5) is 0 Å². The lowest BCUT2D eigenvalue weighted by molar-refractivity contribution is -0.0327. The first kappa shape index (κ1) is 15.2. The fourth-order valence-corrected chi connectivity index (χ4v) is 3.45. The van der Waals surface area contributed by atoms with Gasteiger partial charge in [0, 0.05) is 13.1 Å². The Hall–Kier alpha value is -2.37. The Balaban J connectivity index is 1.50. The molecule has 3 aromatic rings. The molecule has 1 aromatic heterocycles. The van der Waals surface area contributed by atoms with E-state index in [1.807, 2.05) is 48.5 Å². The SMILES string of the molecule is O=c1oc2ccccc2n1CN1CCC(O)(c2ccccc2)CC1. The van der Waals surface area contributed by atoms with Gasteiger partial charge in [0.25, 0.3) is 0 Å². The zero-order chi connectivity index (χ0) is 16.6. The minimum absolute atomic E-state index is 0.333. The van der Waals surface area contributed by atoms with Crippen LogP contribution in [0.15, 0.2) is 63.8 Å². The maximum absolute atomic E-state index is 12.1. The highest BCUT2D eigenvalue weighted by Crippen LogP contribution is 2.32. The van der Waals surface area contributed by atoms with Gasteiger partial charge in [0.05, 0.1) is 17.8 Å². The quantitative estimate of drug-likeness (QED) is 0.804. The molecule has 1 aliphatic rings. The van der Waals surface area contributed by atoms with Crippen molar-refractivity contribution in [3.63, 3.8) is 0 Å². The molecular formula is C19H20N2O3. The molecule has 0 unspecified atom stereocenters. The molecule has 0 amide bonds. The number of oxazole rings is 1. The largest absolute Gasteiger partial charge is 0.421 e. The van der Waals surface area contributed by atoms with Crippen molar-refractivity contribution in [1.82, 2.24) is 9.47 Å². The summed E-state index contributed by atoms with van der Waals surface area (Å²) < 4.78 is 6.94. The van der Waals surface area contributed by atoms with Crippen molar-refractivity contribution in [2.24, 2.45) is 0 Å². The van der Waals surface area contributed by atoms with Gasteiger partial charge in [0.15, 0.2) is 5.58 Å². The molecule has 0 saturated carbocycles. The molecule has 2 aromatic carbocycles. The smallest absolute Gasteiger partial charge is 0.408 e. The van der Waals surface area contributed by atoms with E-state index in [1.54, 1.807) is 10.6 Å². The van der Waals surface area contributed by atoms with Crippen molar-refractivity contribution in [3.05, 3.63) is 70.7 Å². The molecule has 5 nitrogen and oxygen atoms in total. The maximum atomic E-state index is 12.1. The third kappa shape index (κ3) is 2.66. The second-order valence-corrected chi connectivity index (χ2v) is 6.42. The fraction of sp³-hybridized carbons (Fsp3) is 0.316. The van der Waals surface area contributed by atoms with Gasteiger partial charge in [-0.2, -0.15) is 0 Å². The summed E-state index contributed by atoms with van der Waals surface area (Å²) in [5.74, 6) is -0.333. The van der Waals surface area contributed by atoms with Crippen LogP contribution < -0.4 is 5.76 Å². The van der Waals surface area contributed by atoms with E-state index in [1.165, 1.54) is 0 Å². The molecule has 0 radical (unpaired) electrons. The monoisotopic (exact) mass is 324 g/mol. The van der Waals surface area contributed by atoms with E-state index in [0.29, 0.717) is 25.1 Å². The zero-order valence-electron chi connectivity index (χ0n) is 13.4. The third-order valence-corrected chi connectivity index (χ3v) is 4.91. The highest BCUT2D eigenvalue weighted by atomic mass is 16.4. The lowest BCUT2D eigenvalue weighted by Crippen LogP contribution is -2.44. The minimum Gasteiger partial charge on any atom is -0.408 e. The van der Waals surface area contributed by atoms with Gasteiger partial charge in [-0.25, -0.2) is 4.79 Å². The van der Waals surface area contributed by atoms with Crippen LogP contribution in [0.3, 0.4) is 0 Å². The normalized spacial score (nSPS) is 18.0. The van der Waals surface area contributed by atoms with Gasteiger partial charge in [-0.3, -0.25) is 9.47 Å². The highest BCUT2D eigenvalue weighted by Gasteiger charge is 2.34. The molecule has 24 heavy (non-hydrogen) atoms. The standard InChI is InChI=1S/C19H20N2O3/c22-18-21(16-8-4-5-9-17(16)24-18)14-20-12-10-19(23,11-13-20)15-6-2-1-3-7-15/h1-9,23H,10-14H2. The van der Waals surface area contributed by atoms with E-state index in [9.17, 15) is 9.90 Å². The lowest BCUT2D eigenvalue weighted by Gasteiger charge is -2.38. The number of fused-ring (bicyclic) bond motifs is 1. The van der Waals surface area contributed by atoms with Crippen LogP contribution in [0.25, 0.3) is 11.1 Å². The van der Waals surface area contributed by atoms with Crippen molar-refractivity contribution < 1.29 is 9.52 Å². The van der Waals surface area contributed by atoms with Crippen LogP contribution in [0, 0.1) is 0 Å². The van der Waals surface area contributed by atoms with Gasteiger partial charge < -0.3 is 9.52 Å². The molecule has 124 valence electrons. The van der Waals surface area contributed by atoms with Gasteiger partial charge in [-0.1, -0.05) is 42.5 Å². The number of benzene rings is 2. The van der Waals surface area contributed by atoms with Gasteiger partial charge >= 0.3 is 5.76 Å². The summed E-state index contributed by atoms with van der Waals surface area (Å²) in [5, 5.41) is 10.9. The number of rotatable bonds is 3. The maximum Gasteiger partial charge on any atom is 0.421 e. The van der Waals surface area contributed by atoms with Crippen LogP contribution in [0.2, 0.25) is 0 Å². The van der Waals surface area contributed by atoms with Crippen molar-refractivity contribution in [2.45, 2.75) is 25.1 Å². The lowest BCUT2D eigenvalue weighted by atomic mass is 9.84. The molecule has 0 bridgehead atoms. The van der Waals surface area contributed by atoms with Crippen LogP contribution >= 0.6 is 0 Å². The van der Waals surface area contributed by atoms with E-state index in [4.69, 9.17) is 4.42 Å². The van der Waals surface area contributed by atoms with Crippen molar-refractivity contribution >= 4 is 11.1 Å². The van der Waals surface area contributed by atoms with E-state index in [2.05, 4.69) is 4.90 Å². The Bertz CT molecular complexity index is 890. The summed E-state index contributed by atoms with van der Waals surface area (Å²) in [6.07, 6.45) is 1.31. The summed E-state index contributed by atoms with van der Waals surface area (Å²) in [5.41, 5.74) is 1.61. The Morgan fingerprint density at radius 3 is 2.42 bits per heavy atom. The molecule has 0 aliphatic carbocycles. The number of piperidine rings is 1. The Kier molecular flexibility index (Phi) is 3.75. The minimum atomic E-state index is -0.777. The van der Waals surface area contributed by atoms with E-state index >= 15 is 0 Å². The first-order valence-electron chi connectivity index (χ1n) is 8.24. The van der Waals surface area contributed by atoms with Gasteiger partial charge in [-0.05, 0) is 30.5 Å². The Labute approximate surface area is 139 Å². The molecule has 4 rings (SSSR count). The van der Waals surface area contributed by atoms with Gasteiger partial charge in [-0.15, -0.1) is 0 Å². The number of hydrogen-bond acceptors (Lipinski definition) is 4. The molecule has 1 saturated heterocycles. The van der Waals surface area contributed by atoms with Crippen LogP contribution in [0.1, 0.15) is 18.4 Å². The molecule has 0 atom stereocenters. The first-order chi connectivity index (χ1) is 11.7. The van der Waals surface area contributed by atoms with E-state index < -0.39 is 5.60 Å². The van der Waals surface area contributed by atoms with Crippen molar-refractivity contribution in [1.29, 1.82) is 0 Å². The number of aromatic nitrogens is 1. The predicted molar refractivity (Wildman–Crippen MR) is 91.6 cm³/mol.